The third-order valence-electron chi connectivity index (χ3n) is 13.6. The zero-order chi connectivity index (χ0) is 59.2. The highest BCUT2D eigenvalue weighted by atomic mass is 32.2. The lowest BCUT2D eigenvalue weighted by Gasteiger charge is -2.35. The van der Waals surface area contributed by atoms with Gasteiger partial charge in [-0.2, -0.15) is 23.2 Å². The molecule has 0 radical (unpaired) electrons. The van der Waals surface area contributed by atoms with Crippen molar-refractivity contribution in [2.75, 3.05) is 57.8 Å². The number of sulfonamides is 1. The van der Waals surface area contributed by atoms with Gasteiger partial charge in [-0.1, -0.05) is 0 Å². The van der Waals surface area contributed by atoms with Crippen LogP contribution >= 0.6 is 31.1 Å². The SMILES string of the molecule is CO[C@@H]1[C@H](CNS(=O)(=O)C2CC2)[C@@H](COP(=O)(O)OP(=O)(O)OP(=O)(O)OC[C@H]2O[C@@H](n3cnc4c(N)ncnc43)[C@H](OC)[C@@H]2P(=O)([O-])OC[C@H]2O[C@@H](n3cnc4c(=O)[nH]c(N)nc43)[C@H](O)[C@@H]2O)O[C@H]1n1c[n+](C)c2c(=O)[nH]c(N)nc21. The first-order valence-electron chi connectivity index (χ1n) is 24.0. The number of aliphatic hydroxyl groups is 2. The summed E-state index contributed by atoms with van der Waals surface area (Å²) in [6, 6.07) is 0. The number of rotatable bonds is 23. The Hall–Kier alpha value is -5.16. The Morgan fingerprint density at radius 2 is 1.29 bits per heavy atom. The van der Waals surface area contributed by atoms with Crippen LogP contribution in [0.1, 0.15) is 31.5 Å². The van der Waals surface area contributed by atoms with Crippen LogP contribution in [0.25, 0.3) is 33.5 Å². The van der Waals surface area contributed by atoms with Gasteiger partial charge >= 0.3 is 29.0 Å². The number of nitrogens with one attached hydrogen (secondary N) is 3. The molecule has 0 amide bonds. The number of H-pyrrole nitrogens is 2. The zero-order valence-electron chi connectivity index (χ0n) is 42.5. The highest BCUT2D eigenvalue weighted by Crippen LogP contribution is 2.68. The van der Waals surface area contributed by atoms with Crippen LogP contribution in [0, 0.1) is 5.92 Å². The third kappa shape index (κ3) is 11.8. The number of aromatic nitrogens is 12. The van der Waals surface area contributed by atoms with Crippen molar-refractivity contribution >= 4 is 92.3 Å². The summed E-state index contributed by atoms with van der Waals surface area (Å²) in [4.78, 5) is 101. The lowest BCUT2D eigenvalue weighted by molar-refractivity contribution is -0.646. The van der Waals surface area contributed by atoms with Crippen LogP contribution in [0.2, 0.25) is 0 Å². The average Bonchev–Trinajstić information content (AvgIpc) is 2.54. The third-order valence-corrected chi connectivity index (χ3v) is 21.7. The molecule has 4 unspecified atom stereocenters. The first-order chi connectivity index (χ1) is 38.5. The molecular weight excluding hydrogens is 1210 g/mol. The van der Waals surface area contributed by atoms with Gasteiger partial charge in [0.15, 0.2) is 35.1 Å². The maximum atomic E-state index is 14.4. The topological polar surface area (TPSA) is 571 Å². The first kappa shape index (κ1) is 60.0. The second kappa shape index (κ2) is 22.4. The van der Waals surface area contributed by atoms with Gasteiger partial charge in [-0.3, -0.25) is 37.7 Å². The number of phosphoric ester groups is 2. The fraction of sp³-hybridized carbons (Fsp3) is 0.595. The predicted octanol–water partition coefficient (Wildman–Crippen LogP) is -4.28. The van der Waals surface area contributed by atoms with Gasteiger partial charge in [0.2, 0.25) is 34.5 Å². The summed E-state index contributed by atoms with van der Waals surface area (Å²) in [5, 5.41) is 21.3. The number of hydrogen-bond donors (Lipinski definition) is 11. The van der Waals surface area contributed by atoms with Crippen molar-refractivity contribution in [1.29, 1.82) is 0 Å². The van der Waals surface area contributed by atoms with E-state index in [1.54, 1.807) is 0 Å². The van der Waals surface area contributed by atoms with Crippen LogP contribution < -0.4 is 42.5 Å². The minimum Gasteiger partial charge on any atom is -0.778 e. The van der Waals surface area contributed by atoms with Gasteiger partial charge in [-0.05, 0) is 12.8 Å². The largest absolute Gasteiger partial charge is 0.778 e. The highest BCUT2D eigenvalue weighted by molar-refractivity contribution is 7.90. The van der Waals surface area contributed by atoms with E-state index in [4.69, 9.17) is 54.5 Å². The summed E-state index contributed by atoms with van der Waals surface area (Å²) >= 11 is 0. The zero-order valence-corrected chi connectivity index (χ0v) is 46.8. The summed E-state index contributed by atoms with van der Waals surface area (Å²) in [6.07, 6.45) is -10.6. The summed E-state index contributed by atoms with van der Waals surface area (Å²) in [5.74, 6) is -1.82. The minimum absolute atomic E-state index is 0.0158. The lowest BCUT2D eigenvalue weighted by atomic mass is 9.98. The van der Waals surface area contributed by atoms with E-state index >= 15 is 0 Å². The van der Waals surface area contributed by atoms with Crippen LogP contribution in [-0.4, -0.2) is 181 Å². The quantitative estimate of drug-likeness (QED) is 0.0214. The number of aliphatic hydroxyl groups excluding tert-OH is 2. The van der Waals surface area contributed by atoms with E-state index in [1.807, 2.05) is 0 Å². The molecule has 3 aliphatic heterocycles. The number of methoxy groups -OCH3 is 2. The second-order valence-electron chi connectivity index (χ2n) is 18.9. The van der Waals surface area contributed by atoms with Crippen molar-refractivity contribution < 1.29 is 107 Å². The number of hydrogen-bond acceptors (Lipinski definition) is 30. The number of anilines is 3. The molecule has 82 heavy (non-hydrogen) atoms. The fourth-order valence-electron chi connectivity index (χ4n) is 9.79. The van der Waals surface area contributed by atoms with Crippen molar-refractivity contribution in [2.45, 2.75) is 85.2 Å². The van der Waals surface area contributed by atoms with Gasteiger partial charge in [0.25, 0.3) is 16.7 Å². The van der Waals surface area contributed by atoms with Crippen LogP contribution in [0.4, 0.5) is 17.7 Å². The molecule has 0 bridgehead atoms. The van der Waals surface area contributed by atoms with Gasteiger partial charge in [0.05, 0.1) is 62.6 Å². The standard InChI is InChI=1S/C37H52N16O24P4S/c1-50-13-53(30-21(50)32(57)49-37(40)47-30)34-24(68-2)15(6-45-82(66,67)14-4-5-14)16(73-34)7-71-79(60,61)76-81(64,65)77-80(62,63)72-9-18-26(25(69-3)35(75-18)51-11-43-19-27(38)41-10-42-28(19)51)78(58,59)70-8-17-22(54)23(55)33(74-17)52-12-44-20-29(52)46-36(39)48-31(20)56/h10-18,22-26,33-35,45,54-55H,4-9H2,1-3H3,(H11-,38,39,40,41,42,46,47,48,49,56,57,58,59,60,61,62,63,64,65)/t15-,16-,17-,18-,22-,23-,24-,25-,26-,33-,34-,35-/m1/s1. The normalized spacial score (nSPS) is 30.0. The lowest BCUT2D eigenvalue weighted by Crippen LogP contribution is -2.41. The van der Waals surface area contributed by atoms with E-state index in [-0.39, 0.29) is 51.2 Å². The van der Waals surface area contributed by atoms with Crippen molar-refractivity contribution in [3.05, 3.63) is 46.0 Å². The van der Waals surface area contributed by atoms with Gasteiger partial charge in [-0.15, -0.1) is 0 Å². The molecule has 4 fully saturated rings. The summed E-state index contributed by atoms with van der Waals surface area (Å²) < 4.78 is 141. The molecule has 14 N–H and O–H groups in total. The molecule has 9 heterocycles. The van der Waals surface area contributed by atoms with E-state index in [0.29, 0.717) is 12.8 Å². The van der Waals surface area contributed by atoms with Crippen molar-refractivity contribution in [2.24, 2.45) is 13.0 Å². The Balaban J connectivity index is 0.839. The molecule has 450 valence electrons. The number of phosphoric acid groups is 3. The number of aryl methyl sites for hydroxylation is 1. The number of imidazole rings is 3. The number of ether oxygens (including phenoxy) is 5. The van der Waals surface area contributed by atoms with E-state index in [0.717, 1.165) is 35.2 Å². The van der Waals surface area contributed by atoms with E-state index in [1.165, 1.54) is 29.6 Å². The molecular formula is C37H52N16O24P4S. The van der Waals surface area contributed by atoms with Gasteiger partial charge in [0.1, 0.15) is 50.0 Å². The van der Waals surface area contributed by atoms with Crippen LogP contribution in [0.15, 0.2) is 34.9 Å². The van der Waals surface area contributed by atoms with E-state index in [9.17, 15) is 66.1 Å². The van der Waals surface area contributed by atoms with Crippen LogP contribution in [0.5, 0.6) is 0 Å². The number of aromatic amines is 2. The second-order valence-corrected chi connectivity index (χ2v) is 27.5. The molecule has 1 saturated carbocycles. The Labute approximate surface area is 458 Å². The fourth-order valence-corrected chi connectivity index (χ4v) is 16.5. The smallest absolute Gasteiger partial charge is 0.490 e. The number of nitrogen functional groups attached to an aromatic ring is 3. The summed E-state index contributed by atoms with van der Waals surface area (Å²) in [7, 11) is -23.9. The maximum absolute atomic E-state index is 14.4. The molecule has 40 nitrogen and oxygen atoms in total. The molecule has 3 saturated heterocycles. The maximum Gasteiger partial charge on any atom is 0.490 e. The van der Waals surface area contributed by atoms with E-state index in [2.05, 4.69) is 53.2 Å². The van der Waals surface area contributed by atoms with Crippen LogP contribution in [-0.2, 0) is 81.2 Å². The van der Waals surface area contributed by atoms with Crippen molar-refractivity contribution in [1.82, 2.24) is 58.3 Å². The predicted molar refractivity (Wildman–Crippen MR) is 268 cm³/mol. The molecule has 6 aromatic rings. The van der Waals surface area contributed by atoms with Crippen molar-refractivity contribution in [3.63, 3.8) is 0 Å². The molecule has 45 heteroatoms. The first-order valence-corrected chi connectivity index (χ1v) is 31.6. The number of nitrogens with two attached hydrogens (primary N) is 3. The van der Waals surface area contributed by atoms with Gasteiger partial charge in [-0.25, -0.2) is 51.3 Å². The molecule has 1 aliphatic carbocycles. The monoisotopic (exact) mass is 1260 g/mol. The minimum atomic E-state index is -6.28. The molecule has 4 aliphatic rings. The van der Waals surface area contributed by atoms with Gasteiger partial charge < -0.3 is 79.8 Å². The summed E-state index contributed by atoms with van der Waals surface area (Å²) in [5.41, 5.74) is 13.6. The van der Waals surface area contributed by atoms with Crippen LogP contribution in [0.3, 0.4) is 0 Å². The van der Waals surface area contributed by atoms with Crippen molar-refractivity contribution in [3.8, 4) is 0 Å². The average molecular weight is 1260 g/mol. The molecule has 16 atom stereocenters. The molecule has 0 aromatic carbocycles. The number of nitrogens with zero attached hydrogens (tertiary/aromatic N) is 10. The highest BCUT2D eigenvalue weighted by Gasteiger charge is 2.55. The molecule has 6 aromatic heterocycles. The Bertz CT molecular complexity index is 3860. The Kier molecular flexibility index (Phi) is 16.4. The Morgan fingerprint density at radius 3 is 1.94 bits per heavy atom. The number of fused-ring (bicyclic) bond motifs is 3. The molecule has 0 spiro atoms. The van der Waals surface area contributed by atoms with Gasteiger partial charge in [0, 0.05) is 26.7 Å². The molecule has 10 rings (SSSR count). The summed E-state index contributed by atoms with van der Waals surface area (Å²) in [6.45, 7) is -3.85. The van der Waals surface area contributed by atoms with E-state index < -0.39 is 157 Å². The Morgan fingerprint density at radius 1 is 0.732 bits per heavy atom.